The molecule has 0 saturated heterocycles. The van der Waals surface area contributed by atoms with Crippen LogP contribution < -0.4 is 10.2 Å². The molecule has 0 amide bonds. The van der Waals surface area contributed by atoms with Crippen LogP contribution in [0.5, 0.6) is 5.88 Å². The highest BCUT2D eigenvalue weighted by Gasteiger charge is 2.29. The van der Waals surface area contributed by atoms with E-state index in [0.29, 0.717) is 12.1 Å². The summed E-state index contributed by atoms with van der Waals surface area (Å²) in [7, 11) is 0. The van der Waals surface area contributed by atoms with Gasteiger partial charge >= 0.3 is 0 Å². The van der Waals surface area contributed by atoms with Gasteiger partial charge in [-0.1, -0.05) is 6.07 Å². The highest BCUT2D eigenvalue weighted by atomic mass is 32.1. The van der Waals surface area contributed by atoms with E-state index in [0.717, 1.165) is 30.6 Å². The highest BCUT2D eigenvalue weighted by molar-refractivity contribution is 7.80. The van der Waals surface area contributed by atoms with Crippen molar-refractivity contribution in [1.82, 2.24) is 10.3 Å². The van der Waals surface area contributed by atoms with Gasteiger partial charge < -0.3 is 15.3 Å². The van der Waals surface area contributed by atoms with Gasteiger partial charge in [-0.2, -0.15) is 12.6 Å². The Kier molecular flexibility index (Phi) is 4.55. The monoisotopic (exact) mass is 343 g/mol. The van der Waals surface area contributed by atoms with Gasteiger partial charge in [0, 0.05) is 53.6 Å². The molecule has 1 aliphatic heterocycles. The molecule has 5 heteroatoms. The fourth-order valence-electron chi connectivity index (χ4n) is 4.37. The first-order valence-electron chi connectivity index (χ1n) is 8.98. The zero-order valence-corrected chi connectivity index (χ0v) is 14.8. The van der Waals surface area contributed by atoms with Crippen LogP contribution in [0.1, 0.15) is 31.2 Å². The van der Waals surface area contributed by atoms with E-state index in [1.807, 2.05) is 18.3 Å². The number of pyridine rings is 1. The van der Waals surface area contributed by atoms with Crippen molar-refractivity contribution in [3.8, 4) is 5.88 Å². The number of thiol groups is 1. The molecule has 128 valence electrons. The lowest BCUT2D eigenvalue weighted by atomic mass is 9.88. The van der Waals surface area contributed by atoms with Crippen LogP contribution in [0.3, 0.4) is 0 Å². The number of nitrogens with one attached hydrogen (secondary N) is 1. The molecule has 1 saturated carbocycles. The molecule has 0 radical (unpaired) electrons. The summed E-state index contributed by atoms with van der Waals surface area (Å²) < 4.78 is 0. The first kappa shape index (κ1) is 16.0. The van der Waals surface area contributed by atoms with Crippen molar-refractivity contribution >= 4 is 29.1 Å². The Morgan fingerprint density at radius 2 is 2.08 bits per heavy atom. The number of hydrogen-bond donors (Lipinski definition) is 3. The standard InChI is InChI=1S/C19H25N3OS/c23-19-16-2-1-3-17-18(16)13(12-21-19)8-10-22(17)15-6-4-14(5-7-15)20-9-11-24/h1-3,12,14-15,20,24H,4-11H2,(H,21,23). The molecular weight excluding hydrogens is 318 g/mol. The van der Waals surface area contributed by atoms with Crippen LogP contribution in [-0.2, 0) is 6.42 Å². The molecule has 0 spiro atoms. The average molecular weight is 343 g/mol. The van der Waals surface area contributed by atoms with Crippen molar-refractivity contribution in [2.24, 2.45) is 0 Å². The highest BCUT2D eigenvalue weighted by Crippen LogP contribution is 2.39. The second-order valence-electron chi connectivity index (χ2n) is 6.93. The maximum Gasteiger partial charge on any atom is 0.218 e. The largest absolute Gasteiger partial charge is 0.493 e. The van der Waals surface area contributed by atoms with Crippen LogP contribution in [0.25, 0.3) is 10.8 Å². The Labute approximate surface area is 148 Å². The third kappa shape index (κ3) is 2.84. The van der Waals surface area contributed by atoms with E-state index >= 15 is 0 Å². The fourth-order valence-corrected chi connectivity index (χ4v) is 4.50. The quantitative estimate of drug-likeness (QED) is 0.747. The third-order valence-electron chi connectivity index (χ3n) is 5.56. The van der Waals surface area contributed by atoms with Gasteiger partial charge in [-0.3, -0.25) is 0 Å². The number of aromatic nitrogens is 1. The Morgan fingerprint density at radius 3 is 2.88 bits per heavy atom. The summed E-state index contributed by atoms with van der Waals surface area (Å²) in [6, 6.07) is 7.48. The predicted octanol–water partition coefficient (Wildman–Crippen LogP) is 3.13. The summed E-state index contributed by atoms with van der Waals surface area (Å²) in [5.74, 6) is 1.06. The lowest BCUT2D eigenvalue weighted by Gasteiger charge is -2.41. The Hall–Kier alpha value is -1.46. The summed E-state index contributed by atoms with van der Waals surface area (Å²) >= 11 is 4.29. The first-order chi connectivity index (χ1) is 11.8. The summed E-state index contributed by atoms with van der Waals surface area (Å²) in [6.45, 7) is 2.05. The maximum absolute atomic E-state index is 10.1. The molecule has 2 N–H and O–H groups in total. The zero-order valence-electron chi connectivity index (χ0n) is 13.9. The van der Waals surface area contributed by atoms with Gasteiger partial charge in [0.05, 0.1) is 0 Å². The van der Waals surface area contributed by atoms with Crippen molar-refractivity contribution in [2.45, 2.75) is 44.2 Å². The summed E-state index contributed by atoms with van der Waals surface area (Å²) in [4.78, 5) is 6.72. The predicted molar refractivity (Wildman–Crippen MR) is 102 cm³/mol. The van der Waals surface area contributed by atoms with Crippen LogP contribution >= 0.6 is 12.6 Å². The van der Waals surface area contributed by atoms with Crippen molar-refractivity contribution in [2.75, 3.05) is 23.7 Å². The van der Waals surface area contributed by atoms with E-state index in [4.69, 9.17) is 0 Å². The third-order valence-corrected chi connectivity index (χ3v) is 5.78. The lowest BCUT2D eigenvalue weighted by molar-refractivity contribution is 0.335. The molecular formula is C19H25N3OS. The normalized spacial score (nSPS) is 23.6. The van der Waals surface area contributed by atoms with Crippen LogP contribution in [-0.4, -0.2) is 41.0 Å². The summed E-state index contributed by atoms with van der Waals surface area (Å²) in [5, 5.41) is 15.8. The molecule has 2 aromatic rings. The van der Waals surface area contributed by atoms with Gasteiger partial charge in [0.2, 0.25) is 5.88 Å². The first-order valence-corrected chi connectivity index (χ1v) is 9.61. The minimum atomic E-state index is 0.150. The minimum absolute atomic E-state index is 0.150. The van der Waals surface area contributed by atoms with E-state index in [-0.39, 0.29) is 5.88 Å². The molecule has 1 aliphatic carbocycles. The number of anilines is 1. The van der Waals surface area contributed by atoms with Gasteiger partial charge in [-0.15, -0.1) is 0 Å². The number of aromatic hydroxyl groups is 1. The number of rotatable bonds is 4. The Balaban J connectivity index is 1.58. The Bertz CT molecular complexity index is 728. The second kappa shape index (κ2) is 6.81. The maximum atomic E-state index is 10.1. The fraction of sp³-hybridized carbons (Fsp3) is 0.526. The van der Waals surface area contributed by atoms with Gasteiger partial charge in [-0.25, -0.2) is 4.98 Å². The van der Waals surface area contributed by atoms with Crippen molar-refractivity contribution in [1.29, 1.82) is 0 Å². The van der Waals surface area contributed by atoms with Gasteiger partial charge in [-0.05, 0) is 49.8 Å². The van der Waals surface area contributed by atoms with Crippen LogP contribution in [0.15, 0.2) is 24.4 Å². The molecule has 0 atom stereocenters. The molecule has 0 bridgehead atoms. The van der Waals surface area contributed by atoms with E-state index in [1.54, 1.807) is 0 Å². The lowest BCUT2D eigenvalue weighted by Crippen LogP contribution is -2.44. The number of hydrogen-bond acceptors (Lipinski definition) is 5. The van der Waals surface area contributed by atoms with E-state index in [1.165, 1.54) is 42.3 Å². The van der Waals surface area contributed by atoms with Crippen LogP contribution in [0.4, 0.5) is 5.69 Å². The topological polar surface area (TPSA) is 48.4 Å². The van der Waals surface area contributed by atoms with Crippen molar-refractivity contribution < 1.29 is 5.11 Å². The molecule has 2 aliphatic rings. The molecule has 2 heterocycles. The average Bonchev–Trinajstić information content (AvgIpc) is 2.63. The molecule has 4 nitrogen and oxygen atoms in total. The zero-order chi connectivity index (χ0) is 16.5. The minimum Gasteiger partial charge on any atom is -0.493 e. The summed E-state index contributed by atoms with van der Waals surface area (Å²) in [5.41, 5.74) is 2.54. The molecule has 1 fully saturated rings. The van der Waals surface area contributed by atoms with Crippen LogP contribution in [0, 0.1) is 0 Å². The van der Waals surface area contributed by atoms with E-state index in [2.05, 4.69) is 33.9 Å². The molecule has 4 rings (SSSR count). The van der Waals surface area contributed by atoms with Gasteiger partial charge in [0.15, 0.2) is 0 Å². The number of benzene rings is 1. The van der Waals surface area contributed by atoms with E-state index < -0.39 is 0 Å². The second-order valence-corrected chi connectivity index (χ2v) is 7.38. The Morgan fingerprint density at radius 1 is 1.25 bits per heavy atom. The van der Waals surface area contributed by atoms with Gasteiger partial charge in [0.1, 0.15) is 0 Å². The molecule has 0 unspecified atom stereocenters. The van der Waals surface area contributed by atoms with Crippen LogP contribution in [0.2, 0.25) is 0 Å². The SMILES string of the molecule is Oc1ncc2c3c(cccc13)N(C1CCC(NCCS)CC1)CC2. The molecule has 1 aromatic heterocycles. The van der Waals surface area contributed by atoms with Crippen molar-refractivity contribution in [3.63, 3.8) is 0 Å². The molecule has 1 aromatic carbocycles. The number of nitrogens with zero attached hydrogens (tertiary/aromatic N) is 2. The smallest absolute Gasteiger partial charge is 0.218 e. The van der Waals surface area contributed by atoms with Gasteiger partial charge in [0.25, 0.3) is 0 Å². The molecule has 24 heavy (non-hydrogen) atoms. The summed E-state index contributed by atoms with van der Waals surface area (Å²) in [6.07, 6.45) is 7.79. The van der Waals surface area contributed by atoms with E-state index in [9.17, 15) is 5.11 Å². The van der Waals surface area contributed by atoms with Crippen molar-refractivity contribution in [3.05, 3.63) is 30.0 Å².